The fourth-order valence-electron chi connectivity index (χ4n) is 3.21. The number of carbonyl (C=O) groups is 2. The van der Waals surface area contributed by atoms with Gasteiger partial charge in [0, 0.05) is 42.4 Å². The lowest BCUT2D eigenvalue weighted by Crippen LogP contribution is -2.39. The average molecular weight is 420 g/mol. The Balaban J connectivity index is 1.51. The topological polar surface area (TPSA) is 82.5 Å². The lowest BCUT2D eigenvalue weighted by Gasteiger charge is -2.25. The number of likely N-dealkylation sites (tertiary alicyclic amines) is 1. The highest BCUT2D eigenvalue weighted by atomic mass is 32.2. The van der Waals surface area contributed by atoms with Crippen LogP contribution in [-0.4, -0.2) is 51.8 Å². The van der Waals surface area contributed by atoms with Crippen LogP contribution in [0.3, 0.4) is 0 Å². The van der Waals surface area contributed by atoms with Crippen LogP contribution >= 0.6 is 23.1 Å². The van der Waals surface area contributed by atoms with Crippen molar-refractivity contribution in [2.45, 2.75) is 43.0 Å². The van der Waals surface area contributed by atoms with Gasteiger partial charge in [-0.2, -0.15) is 0 Å². The SMILES string of the molecule is CC(C)c1cccc(NCC2CCC(=O)N2CCSc2nc(C(=O)O)cs2)c1. The molecule has 28 heavy (non-hydrogen) atoms. The van der Waals surface area contributed by atoms with Crippen LogP contribution in [0.25, 0.3) is 0 Å². The quantitative estimate of drug-likeness (QED) is 0.594. The number of nitrogens with zero attached hydrogens (tertiary/aromatic N) is 2. The number of amides is 1. The first-order valence-corrected chi connectivity index (χ1v) is 11.3. The third-order valence-electron chi connectivity index (χ3n) is 4.81. The van der Waals surface area contributed by atoms with E-state index in [9.17, 15) is 9.59 Å². The van der Waals surface area contributed by atoms with Crippen LogP contribution in [0, 0.1) is 0 Å². The first kappa shape index (κ1) is 20.7. The Morgan fingerprint density at radius 1 is 1.46 bits per heavy atom. The van der Waals surface area contributed by atoms with E-state index >= 15 is 0 Å². The van der Waals surface area contributed by atoms with Crippen LogP contribution in [0.5, 0.6) is 0 Å². The number of anilines is 1. The molecule has 1 aromatic heterocycles. The van der Waals surface area contributed by atoms with Crippen molar-refractivity contribution in [3.8, 4) is 0 Å². The number of carbonyl (C=O) groups excluding carboxylic acids is 1. The van der Waals surface area contributed by atoms with Gasteiger partial charge in [0.1, 0.15) is 0 Å². The number of aromatic carboxylic acids is 1. The van der Waals surface area contributed by atoms with Gasteiger partial charge in [-0.25, -0.2) is 9.78 Å². The van der Waals surface area contributed by atoms with Crippen molar-refractivity contribution in [2.24, 2.45) is 0 Å². The van der Waals surface area contributed by atoms with Gasteiger partial charge < -0.3 is 15.3 Å². The summed E-state index contributed by atoms with van der Waals surface area (Å²) in [5, 5.41) is 14.0. The number of thioether (sulfide) groups is 1. The smallest absolute Gasteiger partial charge is 0.355 e. The van der Waals surface area contributed by atoms with Crippen LogP contribution in [0.15, 0.2) is 34.0 Å². The van der Waals surface area contributed by atoms with Crippen molar-refractivity contribution >= 4 is 40.7 Å². The van der Waals surface area contributed by atoms with Crippen molar-refractivity contribution in [1.82, 2.24) is 9.88 Å². The average Bonchev–Trinajstić information content (AvgIpc) is 3.28. The number of carboxylic acid groups (broad SMARTS) is 1. The zero-order valence-corrected chi connectivity index (χ0v) is 17.7. The maximum atomic E-state index is 12.3. The number of aromatic nitrogens is 1. The number of nitrogens with one attached hydrogen (secondary N) is 1. The lowest BCUT2D eigenvalue weighted by molar-refractivity contribution is -0.128. The highest BCUT2D eigenvalue weighted by molar-refractivity contribution is 8.01. The number of carboxylic acids is 1. The molecule has 2 aromatic rings. The third kappa shape index (κ3) is 5.26. The molecule has 1 fully saturated rings. The Bertz CT molecular complexity index is 838. The molecule has 1 atom stereocenters. The van der Waals surface area contributed by atoms with Gasteiger partial charge in [0.05, 0.1) is 0 Å². The van der Waals surface area contributed by atoms with Gasteiger partial charge >= 0.3 is 5.97 Å². The molecule has 3 rings (SSSR count). The molecule has 2 N–H and O–H groups in total. The molecule has 150 valence electrons. The van der Waals surface area contributed by atoms with Gasteiger partial charge in [-0.15, -0.1) is 11.3 Å². The monoisotopic (exact) mass is 419 g/mol. The fraction of sp³-hybridized carbons (Fsp3) is 0.450. The first-order chi connectivity index (χ1) is 13.4. The summed E-state index contributed by atoms with van der Waals surface area (Å²) >= 11 is 2.83. The zero-order chi connectivity index (χ0) is 20.1. The normalized spacial score (nSPS) is 16.8. The summed E-state index contributed by atoms with van der Waals surface area (Å²) in [6.45, 7) is 5.73. The van der Waals surface area contributed by atoms with Gasteiger partial charge in [0.15, 0.2) is 10.0 Å². The molecular formula is C20H25N3O3S2. The van der Waals surface area contributed by atoms with Gasteiger partial charge in [0.2, 0.25) is 5.91 Å². The highest BCUT2D eigenvalue weighted by Crippen LogP contribution is 2.25. The summed E-state index contributed by atoms with van der Waals surface area (Å²) in [6, 6.07) is 8.61. The number of hydrogen-bond acceptors (Lipinski definition) is 6. The summed E-state index contributed by atoms with van der Waals surface area (Å²) in [5.41, 5.74) is 2.46. The van der Waals surface area contributed by atoms with Crippen molar-refractivity contribution in [2.75, 3.05) is 24.2 Å². The van der Waals surface area contributed by atoms with E-state index in [1.165, 1.54) is 28.7 Å². The molecule has 1 amide bonds. The second kappa shape index (κ2) is 9.43. The molecule has 6 nitrogen and oxygen atoms in total. The predicted octanol–water partition coefficient (Wildman–Crippen LogP) is 4.16. The van der Waals surface area contributed by atoms with Crippen LogP contribution in [0.2, 0.25) is 0 Å². The van der Waals surface area contributed by atoms with E-state index in [0.717, 1.165) is 23.0 Å². The molecular weight excluding hydrogens is 394 g/mol. The number of benzene rings is 1. The van der Waals surface area contributed by atoms with Crippen molar-refractivity contribution < 1.29 is 14.7 Å². The van der Waals surface area contributed by atoms with Crippen LogP contribution in [0.4, 0.5) is 5.69 Å². The zero-order valence-electron chi connectivity index (χ0n) is 16.1. The molecule has 0 spiro atoms. The van der Waals surface area contributed by atoms with E-state index in [-0.39, 0.29) is 17.6 Å². The first-order valence-electron chi connectivity index (χ1n) is 9.39. The van der Waals surface area contributed by atoms with Crippen LogP contribution in [0.1, 0.15) is 48.7 Å². The van der Waals surface area contributed by atoms with E-state index in [1.807, 2.05) is 4.90 Å². The molecule has 0 bridgehead atoms. The molecule has 2 heterocycles. The molecule has 1 aliphatic heterocycles. The summed E-state index contributed by atoms with van der Waals surface area (Å²) in [5.74, 6) is 0.368. The molecule has 1 unspecified atom stereocenters. The van der Waals surface area contributed by atoms with Gasteiger partial charge in [0.25, 0.3) is 0 Å². The minimum absolute atomic E-state index is 0.0791. The standard InChI is InChI=1S/C20H25N3O3S2/c1-13(2)14-4-3-5-15(10-14)21-11-16-6-7-18(24)23(16)8-9-27-20-22-17(12-28-20)19(25)26/h3-5,10,12-13,16,21H,6-9,11H2,1-2H3,(H,25,26). The molecule has 0 aliphatic carbocycles. The third-order valence-corrected chi connectivity index (χ3v) is 6.81. The minimum atomic E-state index is -1.01. The van der Waals surface area contributed by atoms with Crippen LogP contribution in [-0.2, 0) is 4.79 Å². The predicted molar refractivity (Wildman–Crippen MR) is 114 cm³/mol. The Morgan fingerprint density at radius 2 is 2.29 bits per heavy atom. The molecule has 8 heteroatoms. The van der Waals surface area contributed by atoms with E-state index in [4.69, 9.17) is 5.11 Å². The lowest BCUT2D eigenvalue weighted by atomic mass is 10.0. The Kier molecular flexibility index (Phi) is 6.96. The van der Waals surface area contributed by atoms with E-state index in [2.05, 4.69) is 48.4 Å². The summed E-state index contributed by atoms with van der Waals surface area (Å²) in [4.78, 5) is 29.2. The number of rotatable bonds is 9. The Hall–Kier alpha value is -2.06. The molecule has 1 aliphatic rings. The molecule has 0 radical (unpaired) electrons. The number of thiazole rings is 1. The summed E-state index contributed by atoms with van der Waals surface area (Å²) < 4.78 is 0.726. The minimum Gasteiger partial charge on any atom is -0.476 e. The molecule has 1 aromatic carbocycles. The number of hydrogen-bond donors (Lipinski definition) is 2. The van der Waals surface area contributed by atoms with Crippen LogP contribution < -0.4 is 5.32 Å². The van der Waals surface area contributed by atoms with Gasteiger partial charge in [-0.3, -0.25) is 4.79 Å². The largest absolute Gasteiger partial charge is 0.476 e. The van der Waals surface area contributed by atoms with E-state index < -0.39 is 5.97 Å². The van der Waals surface area contributed by atoms with Gasteiger partial charge in [-0.1, -0.05) is 37.7 Å². The van der Waals surface area contributed by atoms with Crippen molar-refractivity contribution in [3.05, 3.63) is 40.9 Å². The Morgan fingerprint density at radius 3 is 3.00 bits per heavy atom. The fourth-order valence-corrected chi connectivity index (χ4v) is 5.02. The van der Waals surface area contributed by atoms with Crippen molar-refractivity contribution in [1.29, 1.82) is 0 Å². The van der Waals surface area contributed by atoms with E-state index in [1.54, 1.807) is 5.38 Å². The highest BCUT2D eigenvalue weighted by Gasteiger charge is 2.30. The van der Waals surface area contributed by atoms with Gasteiger partial charge in [-0.05, 0) is 30.0 Å². The molecule has 0 saturated carbocycles. The Labute approximate surface area is 173 Å². The second-order valence-corrected chi connectivity index (χ2v) is 9.29. The maximum Gasteiger partial charge on any atom is 0.355 e. The summed E-state index contributed by atoms with van der Waals surface area (Å²) in [7, 11) is 0. The maximum absolute atomic E-state index is 12.3. The summed E-state index contributed by atoms with van der Waals surface area (Å²) in [6.07, 6.45) is 1.45. The molecule has 1 saturated heterocycles. The second-order valence-electron chi connectivity index (χ2n) is 7.09. The van der Waals surface area contributed by atoms with Crippen molar-refractivity contribution in [3.63, 3.8) is 0 Å². The van der Waals surface area contributed by atoms with E-state index in [0.29, 0.717) is 24.6 Å².